The molecule has 0 aliphatic rings. The minimum Gasteiger partial charge on any atom is -0.377 e. The van der Waals surface area contributed by atoms with Gasteiger partial charge in [-0.1, -0.05) is 6.07 Å². The lowest BCUT2D eigenvalue weighted by atomic mass is 10.1. The van der Waals surface area contributed by atoms with Crippen LogP contribution in [0.15, 0.2) is 18.2 Å². The summed E-state index contributed by atoms with van der Waals surface area (Å²) in [6.07, 6.45) is -0.235. The molecule has 1 N–H and O–H groups in total. The van der Waals surface area contributed by atoms with Crippen molar-refractivity contribution >= 4 is 5.69 Å². The lowest BCUT2D eigenvalue weighted by Crippen LogP contribution is -2.33. The number of hydrogen-bond donors (Lipinski definition) is 1. The van der Waals surface area contributed by atoms with Crippen LogP contribution >= 0.6 is 0 Å². The second kappa shape index (κ2) is 5.87. The van der Waals surface area contributed by atoms with Crippen LogP contribution in [-0.2, 0) is 9.47 Å². The summed E-state index contributed by atoms with van der Waals surface area (Å²) >= 11 is 0. The van der Waals surface area contributed by atoms with E-state index in [0.29, 0.717) is 0 Å². The van der Waals surface area contributed by atoms with E-state index in [1.54, 1.807) is 14.2 Å². The van der Waals surface area contributed by atoms with E-state index in [4.69, 9.17) is 9.47 Å². The Hall–Kier alpha value is -1.06. The summed E-state index contributed by atoms with van der Waals surface area (Å²) in [6.45, 7) is 6.22. The molecule has 0 radical (unpaired) electrons. The molecule has 0 heterocycles. The average molecular weight is 223 g/mol. The van der Waals surface area contributed by atoms with E-state index in [9.17, 15) is 0 Å². The van der Waals surface area contributed by atoms with Crippen LogP contribution in [0.1, 0.15) is 18.1 Å². The monoisotopic (exact) mass is 223 g/mol. The van der Waals surface area contributed by atoms with Crippen LogP contribution in [-0.4, -0.2) is 26.6 Å². The van der Waals surface area contributed by atoms with Crippen molar-refractivity contribution in [1.29, 1.82) is 0 Å². The number of rotatable bonds is 5. The van der Waals surface area contributed by atoms with Gasteiger partial charge >= 0.3 is 0 Å². The first-order valence-corrected chi connectivity index (χ1v) is 5.47. The van der Waals surface area contributed by atoms with Crippen LogP contribution in [0.4, 0.5) is 5.69 Å². The molecule has 0 fully saturated rings. The maximum Gasteiger partial charge on any atom is 0.176 e. The van der Waals surface area contributed by atoms with Gasteiger partial charge in [0, 0.05) is 19.9 Å². The van der Waals surface area contributed by atoms with E-state index in [0.717, 1.165) is 5.69 Å². The Kier molecular flexibility index (Phi) is 4.77. The zero-order chi connectivity index (χ0) is 12.1. The maximum absolute atomic E-state index is 5.21. The quantitative estimate of drug-likeness (QED) is 0.779. The summed E-state index contributed by atoms with van der Waals surface area (Å²) in [4.78, 5) is 0. The minimum absolute atomic E-state index is 0.108. The molecule has 0 aliphatic carbocycles. The van der Waals surface area contributed by atoms with Gasteiger partial charge < -0.3 is 14.8 Å². The highest BCUT2D eigenvalue weighted by molar-refractivity contribution is 5.49. The van der Waals surface area contributed by atoms with Gasteiger partial charge in [0.2, 0.25) is 0 Å². The Morgan fingerprint density at radius 3 is 1.94 bits per heavy atom. The van der Waals surface area contributed by atoms with Crippen molar-refractivity contribution in [1.82, 2.24) is 0 Å². The molecule has 3 nitrogen and oxygen atoms in total. The van der Waals surface area contributed by atoms with Gasteiger partial charge in [0.15, 0.2) is 6.29 Å². The van der Waals surface area contributed by atoms with E-state index < -0.39 is 0 Å². The molecule has 0 aliphatic heterocycles. The molecule has 3 heteroatoms. The van der Waals surface area contributed by atoms with Crippen molar-refractivity contribution < 1.29 is 9.47 Å². The highest BCUT2D eigenvalue weighted by Gasteiger charge is 2.15. The predicted octanol–water partition coefficient (Wildman–Crippen LogP) is 2.72. The van der Waals surface area contributed by atoms with E-state index in [2.05, 4.69) is 37.4 Å². The van der Waals surface area contributed by atoms with Crippen molar-refractivity contribution in [3.05, 3.63) is 29.3 Å². The summed E-state index contributed by atoms with van der Waals surface area (Å²) in [7, 11) is 3.29. The summed E-state index contributed by atoms with van der Waals surface area (Å²) in [5.74, 6) is 0. The first-order chi connectivity index (χ1) is 7.56. The van der Waals surface area contributed by atoms with Gasteiger partial charge in [0.25, 0.3) is 0 Å². The van der Waals surface area contributed by atoms with E-state index in [1.807, 2.05) is 6.92 Å². The molecule has 90 valence electrons. The number of hydrogen-bond acceptors (Lipinski definition) is 3. The second-order valence-electron chi connectivity index (χ2n) is 4.15. The standard InChI is InChI=1S/C13H21NO2/c1-9-6-10(2)8-12(7-9)14-11(3)13(15-4)16-5/h6-8,11,13-14H,1-5H3. The van der Waals surface area contributed by atoms with E-state index in [-0.39, 0.29) is 12.3 Å². The van der Waals surface area contributed by atoms with Crippen LogP contribution < -0.4 is 5.32 Å². The Morgan fingerprint density at radius 2 is 1.50 bits per heavy atom. The molecular formula is C13H21NO2. The first kappa shape index (κ1) is 13.0. The lowest BCUT2D eigenvalue weighted by Gasteiger charge is -2.23. The SMILES string of the molecule is COC(OC)C(C)Nc1cc(C)cc(C)c1. The average Bonchev–Trinajstić information content (AvgIpc) is 2.17. The highest BCUT2D eigenvalue weighted by atomic mass is 16.7. The maximum atomic E-state index is 5.21. The van der Waals surface area contributed by atoms with Crippen molar-refractivity contribution in [3.63, 3.8) is 0 Å². The fourth-order valence-corrected chi connectivity index (χ4v) is 1.89. The molecular weight excluding hydrogens is 202 g/mol. The summed E-state index contributed by atoms with van der Waals surface area (Å²) in [5, 5.41) is 3.38. The Balaban J connectivity index is 2.72. The number of aryl methyl sites for hydroxylation is 2. The number of methoxy groups -OCH3 is 2. The predicted molar refractivity (Wildman–Crippen MR) is 66.8 cm³/mol. The van der Waals surface area contributed by atoms with Crippen LogP contribution in [0.3, 0.4) is 0 Å². The zero-order valence-corrected chi connectivity index (χ0v) is 10.7. The van der Waals surface area contributed by atoms with Crippen molar-refractivity contribution in [2.24, 2.45) is 0 Å². The first-order valence-electron chi connectivity index (χ1n) is 5.47. The van der Waals surface area contributed by atoms with E-state index in [1.165, 1.54) is 11.1 Å². The largest absolute Gasteiger partial charge is 0.377 e. The third-order valence-corrected chi connectivity index (χ3v) is 2.49. The molecule has 1 atom stereocenters. The number of ether oxygens (including phenoxy) is 2. The molecule has 1 aromatic rings. The van der Waals surface area contributed by atoms with Gasteiger partial charge in [-0.2, -0.15) is 0 Å². The molecule has 0 aromatic heterocycles. The Bertz CT molecular complexity index is 314. The number of benzene rings is 1. The molecule has 1 aromatic carbocycles. The minimum atomic E-state index is -0.235. The highest BCUT2D eigenvalue weighted by Crippen LogP contribution is 2.16. The summed E-state index contributed by atoms with van der Waals surface area (Å²) in [5.41, 5.74) is 3.60. The fraction of sp³-hybridized carbons (Fsp3) is 0.538. The molecule has 0 saturated heterocycles. The summed E-state index contributed by atoms with van der Waals surface area (Å²) in [6, 6.07) is 6.49. The summed E-state index contributed by atoms with van der Waals surface area (Å²) < 4.78 is 10.4. The van der Waals surface area contributed by atoms with Crippen LogP contribution in [0.25, 0.3) is 0 Å². The van der Waals surface area contributed by atoms with Gasteiger partial charge in [0.1, 0.15) is 0 Å². The molecule has 1 rings (SSSR count). The van der Waals surface area contributed by atoms with Crippen molar-refractivity contribution in [2.45, 2.75) is 33.1 Å². The number of anilines is 1. The Labute approximate surface area is 97.8 Å². The number of nitrogens with one attached hydrogen (secondary N) is 1. The van der Waals surface area contributed by atoms with Gasteiger partial charge in [-0.15, -0.1) is 0 Å². The van der Waals surface area contributed by atoms with Crippen LogP contribution in [0.2, 0.25) is 0 Å². The molecule has 0 amide bonds. The molecule has 0 spiro atoms. The van der Waals surface area contributed by atoms with Gasteiger partial charge in [-0.25, -0.2) is 0 Å². The second-order valence-corrected chi connectivity index (χ2v) is 4.15. The molecule has 16 heavy (non-hydrogen) atoms. The van der Waals surface area contributed by atoms with Gasteiger partial charge in [-0.05, 0) is 44.0 Å². The topological polar surface area (TPSA) is 30.5 Å². The molecule has 0 bridgehead atoms. The van der Waals surface area contributed by atoms with Gasteiger partial charge in [0.05, 0.1) is 6.04 Å². The lowest BCUT2D eigenvalue weighted by molar-refractivity contribution is -0.109. The normalized spacial score (nSPS) is 12.9. The fourth-order valence-electron chi connectivity index (χ4n) is 1.89. The molecule has 1 unspecified atom stereocenters. The molecule has 0 saturated carbocycles. The van der Waals surface area contributed by atoms with Crippen molar-refractivity contribution in [3.8, 4) is 0 Å². The van der Waals surface area contributed by atoms with Crippen LogP contribution in [0, 0.1) is 13.8 Å². The Morgan fingerprint density at radius 1 is 1.00 bits per heavy atom. The van der Waals surface area contributed by atoms with Gasteiger partial charge in [-0.3, -0.25) is 0 Å². The third-order valence-electron chi connectivity index (χ3n) is 2.49. The van der Waals surface area contributed by atoms with Crippen LogP contribution in [0.5, 0.6) is 0 Å². The zero-order valence-electron chi connectivity index (χ0n) is 10.7. The van der Waals surface area contributed by atoms with E-state index >= 15 is 0 Å². The third kappa shape index (κ3) is 3.51. The van der Waals surface area contributed by atoms with Crippen molar-refractivity contribution in [2.75, 3.05) is 19.5 Å². The smallest absolute Gasteiger partial charge is 0.176 e.